The Labute approximate surface area is 148 Å². The fraction of sp³-hybridized carbons (Fsp3) is 0.111. The highest BCUT2D eigenvalue weighted by Crippen LogP contribution is 2.25. The van der Waals surface area contributed by atoms with Crippen LogP contribution < -0.4 is 0 Å². The molecule has 4 aromatic rings. The van der Waals surface area contributed by atoms with Crippen molar-refractivity contribution in [1.82, 2.24) is 19.7 Å². The molecule has 0 aliphatic rings. The van der Waals surface area contributed by atoms with E-state index < -0.39 is 0 Å². The minimum absolute atomic E-state index is 0.478. The summed E-state index contributed by atoms with van der Waals surface area (Å²) in [6, 6.07) is 11.7. The first kappa shape index (κ1) is 15.5. The highest BCUT2D eigenvalue weighted by Gasteiger charge is 2.10. The molecule has 6 nitrogen and oxygen atoms in total. The molecular formula is C18H15N5OS. The van der Waals surface area contributed by atoms with Crippen LogP contribution in [0.15, 0.2) is 53.1 Å². The van der Waals surface area contributed by atoms with Crippen LogP contribution in [0.5, 0.6) is 0 Å². The van der Waals surface area contributed by atoms with Gasteiger partial charge in [-0.3, -0.25) is 0 Å². The first-order valence-electron chi connectivity index (χ1n) is 7.72. The second-order valence-electron chi connectivity index (χ2n) is 5.65. The summed E-state index contributed by atoms with van der Waals surface area (Å²) < 4.78 is 1.84. The summed E-state index contributed by atoms with van der Waals surface area (Å²) in [6.45, 7) is 3.70. The van der Waals surface area contributed by atoms with Crippen molar-refractivity contribution < 1.29 is 5.21 Å². The quantitative estimate of drug-likeness (QED) is 0.344. The number of aryl methyl sites for hydroxylation is 1. The molecule has 0 unspecified atom stereocenters. The van der Waals surface area contributed by atoms with Crippen molar-refractivity contribution in [1.29, 1.82) is 0 Å². The van der Waals surface area contributed by atoms with Crippen LogP contribution >= 0.6 is 11.3 Å². The zero-order valence-corrected chi connectivity index (χ0v) is 14.5. The summed E-state index contributed by atoms with van der Waals surface area (Å²) in [5, 5.41) is 20.7. The van der Waals surface area contributed by atoms with Gasteiger partial charge in [-0.2, -0.15) is 5.10 Å². The molecule has 124 valence electrons. The number of hydrogen-bond acceptors (Lipinski definition) is 6. The normalized spacial score (nSPS) is 12.0. The Balaban J connectivity index is 1.84. The van der Waals surface area contributed by atoms with Crippen molar-refractivity contribution >= 4 is 28.0 Å². The SMILES string of the molecule is C/C(=N/O)c1cccc(-c2ccc3cnn(-c4csc(C)n4)c3c2)n1. The second kappa shape index (κ2) is 6.10. The van der Waals surface area contributed by atoms with Crippen LogP contribution in [0.3, 0.4) is 0 Å². The highest BCUT2D eigenvalue weighted by atomic mass is 32.1. The lowest BCUT2D eigenvalue weighted by Crippen LogP contribution is -1.99. The van der Waals surface area contributed by atoms with E-state index in [-0.39, 0.29) is 0 Å². The molecule has 0 aliphatic heterocycles. The Morgan fingerprint density at radius 1 is 1.20 bits per heavy atom. The topological polar surface area (TPSA) is 76.2 Å². The predicted octanol–water partition coefficient (Wildman–Crippen LogP) is 4.05. The molecule has 1 aromatic carbocycles. The molecule has 0 amide bonds. The van der Waals surface area contributed by atoms with Crippen molar-refractivity contribution in [2.24, 2.45) is 5.16 Å². The van der Waals surface area contributed by atoms with Crippen molar-refractivity contribution in [2.45, 2.75) is 13.8 Å². The van der Waals surface area contributed by atoms with Crippen molar-refractivity contribution in [3.05, 3.63) is 58.7 Å². The Morgan fingerprint density at radius 2 is 2.08 bits per heavy atom. The van der Waals surface area contributed by atoms with Gasteiger partial charge in [-0.1, -0.05) is 23.4 Å². The maximum atomic E-state index is 8.96. The molecule has 7 heteroatoms. The second-order valence-corrected chi connectivity index (χ2v) is 6.71. The molecule has 0 saturated heterocycles. The van der Waals surface area contributed by atoms with Gasteiger partial charge < -0.3 is 5.21 Å². The average Bonchev–Trinajstić information content (AvgIpc) is 3.26. The minimum Gasteiger partial charge on any atom is -0.411 e. The number of pyridine rings is 1. The van der Waals surface area contributed by atoms with E-state index in [9.17, 15) is 0 Å². The molecule has 0 aliphatic carbocycles. The van der Waals surface area contributed by atoms with Gasteiger partial charge >= 0.3 is 0 Å². The lowest BCUT2D eigenvalue weighted by Gasteiger charge is -2.05. The Kier molecular flexibility index (Phi) is 3.77. The average molecular weight is 349 g/mol. The number of thiazole rings is 1. The van der Waals surface area contributed by atoms with Crippen LogP contribution in [0.25, 0.3) is 28.0 Å². The van der Waals surface area contributed by atoms with Gasteiger partial charge in [0.05, 0.1) is 28.1 Å². The van der Waals surface area contributed by atoms with Crippen LogP contribution in [0.4, 0.5) is 0 Å². The van der Waals surface area contributed by atoms with Gasteiger partial charge in [0, 0.05) is 16.3 Å². The Bertz CT molecular complexity index is 1100. The van der Waals surface area contributed by atoms with E-state index in [0.29, 0.717) is 11.4 Å². The fourth-order valence-corrected chi connectivity index (χ4v) is 3.23. The van der Waals surface area contributed by atoms with Gasteiger partial charge in [0.2, 0.25) is 0 Å². The number of oxime groups is 1. The minimum atomic E-state index is 0.478. The Morgan fingerprint density at radius 3 is 2.84 bits per heavy atom. The molecule has 0 atom stereocenters. The van der Waals surface area contributed by atoms with E-state index in [2.05, 4.69) is 26.3 Å². The van der Waals surface area contributed by atoms with E-state index >= 15 is 0 Å². The lowest BCUT2D eigenvalue weighted by atomic mass is 10.1. The van der Waals surface area contributed by atoms with Crippen molar-refractivity contribution in [3.63, 3.8) is 0 Å². The number of rotatable bonds is 3. The third-order valence-corrected chi connectivity index (χ3v) is 4.72. The van der Waals surface area contributed by atoms with E-state index in [1.807, 2.05) is 53.5 Å². The summed E-state index contributed by atoms with van der Waals surface area (Å²) in [6.07, 6.45) is 1.83. The summed E-state index contributed by atoms with van der Waals surface area (Å²) in [4.78, 5) is 9.09. The number of hydrogen-bond donors (Lipinski definition) is 1. The molecule has 0 radical (unpaired) electrons. The lowest BCUT2D eigenvalue weighted by molar-refractivity contribution is 0.319. The summed E-state index contributed by atoms with van der Waals surface area (Å²) in [5.74, 6) is 0.819. The number of fused-ring (bicyclic) bond motifs is 1. The largest absolute Gasteiger partial charge is 0.411 e. The van der Waals surface area contributed by atoms with Gasteiger partial charge in [-0.05, 0) is 32.0 Å². The Hall–Kier alpha value is -3.06. The summed E-state index contributed by atoms with van der Waals surface area (Å²) in [7, 11) is 0. The molecule has 0 spiro atoms. The van der Waals surface area contributed by atoms with E-state index in [1.165, 1.54) is 0 Å². The van der Waals surface area contributed by atoms with E-state index in [0.717, 1.165) is 33.0 Å². The molecule has 0 bridgehead atoms. The predicted molar refractivity (Wildman–Crippen MR) is 98.7 cm³/mol. The molecule has 3 heterocycles. The first-order chi connectivity index (χ1) is 12.2. The maximum Gasteiger partial charge on any atom is 0.165 e. The molecular weight excluding hydrogens is 334 g/mol. The highest BCUT2D eigenvalue weighted by molar-refractivity contribution is 7.09. The number of benzene rings is 1. The third kappa shape index (κ3) is 2.78. The third-order valence-electron chi connectivity index (χ3n) is 3.96. The van der Waals surface area contributed by atoms with Crippen LogP contribution in [0.1, 0.15) is 17.6 Å². The molecule has 0 saturated carbocycles. The van der Waals surface area contributed by atoms with Crippen LogP contribution in [0, 0.1) is 6.92 Å². The van der Waals surface area contributed by atoms with Gasteiger partial charge in [-0.25, -0.2) is 14.6 Å². The molecule has 0 fully saturated rings. The fourth-order valence-electron chi connectivity index (χ4n) is 2.66. The maximum absolute atomic E-state index is 8.96. The number of nitrogens with zero attached hydrogens (tertiary/aromatic N) is 5. The first-order valence-corrected chi connectivity index (χ1v) is 8.60. The molecule has 4 rings (SSSR count). The number of aromatic nitrogens is 4. The summed E-state index contributed by atoms with van der Waals surface area (Å²) in [5.41, 5.74) is 3.87. The van der Waals surface area contributed by atoms with Gasteiger partial charge in [0.15, 0.2) is 5.82 Å². The van der Waals surface area contributed by atoms with Crippen molar-refractivity contribution in [3.8, 4) is 17.1 Å². The zero-order chi connectivity index (χ0) is 17.4. The van der Waals surface area contributed by atoms with Gasteiger partial charge in [-0.15, -0.1) is 11.3 Å². The molecule has 1 N–H and O–H groups in total. The summed E-state index contributed by atoms with van der Waals surface area (Å²) >= 11 is 1.60. The van der Waals surface area contributed by atoms with Gasteiger partial charge in [0.1, 0.15) is 5.71 Å². The molecule has 3 aromatic heterocycles. The van der Waals surface area contributed by atoms with E-state index in [1.54, 1.807) is 18.3 Å². The van der Waals surface area contributed by atoms with Crippen LogP contribution in [-0.2, 0) is 0 Å². The molecule has 25 heavy (non-hydrogen) atoms. The zero-order valence-electron chi connectivity index (χ0n) is 13.7. The standard InChI is InChI=1S/C18H15N5OS/c1-11(22-24)15-4-3-5-16(21-15)13-6-7-14-9-19-23(17(14)8-13)18-10-25-12(2)20-18/h3-10,24H,1-2H3/b22-11-. The monoisotopic (exact) mass is 349 g/mol. The van der Waals surface area contributed by atoms with E-state index in [4.69, 9.17) is 5.21 Å². The van der Waals surface area contributed by atoms with Crippen molar-refractivity contribution in [2.75, 3.05) is 0 Å². The smallest absolute Gasteiger partial charge is 0.165 e. The van der Waals surface area contributed by atoms with Crippen LogP contribution in [-0.4, -0.2) is 30.7 Å². The van der Waals surface area contributed by atoms with Crippen LogP contribution in [0.2, 0.25) is 0 Å². The van der Waals surface area contributed by atoms with Gasteiger partial charge in [0.25, 0.3) is 0 Å².